The molecule has 6 heteroatoms. The molecular formula is C28H28N2O3S. The molecule has 0 bridgehead atoms. The molecule has 1 aliphatic heterocycles. The minimum atomic E-state index is -0.521. The minimum absolute atomic E-state index is 0.00638. The Labute approximate surface area is 205 Å². The summed E-state index contributed by atoms with van der Waals surface area (Å²) in [5.74, 6) is 0.00611. The Morgan fingerprint density at radius 1 is 1.00 bits per heavy atom. The van der Waals surface area contributed by atoms with Crippen LogP contribution >= 0.6 is 12.2 Å². The van der Waals surface area contributed by atoms with Gasteiger partial charge in [0.05, 0.1) is 11.8 Å². The number of carbonyl (C=O) groups excluding carboxylic acids is 2. The highest BCUT2D eigenvalue weighted by molar-refractivity contribution is 7.80. The molecule has 1 heterocycles. The fourth-order valence-electron chi connectivity index (χ4n) is 3.87. The first-order chi connectivity index (χ1) is 16.3. The third-order valence-corrected chi connectivity index (χ3v) is 6.33. The van der Waals surface area contributed by atoms with Gasteiger partial charge in [-0.05, 0) is 72.1 Å². The second kappa shape index (κ2) is 9.77. The summed E-state index contributed by atoms with van der Waals surface area (Å²) in [5, 5.41) is 4.63. The zero-order valence-electron chi connectivity index (χ0n) is 19.8. The van der Waals surface area contributed by atoms with Crippen LogP contribution in [0.4, 0.5) is 5.69 Å². The molecule has 3 aromatic carbocycles. The Kier molecular flexibility index (Phi) is 6.80. The number of anilines is 1. The maximum absolute atomic E-state index is 13.6. The van der Waals surface area contributed by atoms with Crippen molar-refractivity contribution in [2.45, 2.75) is 46.1 Å². The number of benzene rings is 3. The number of hydrogen-bond acceptors (Lipinski definition) is 4. The largest absolute Gasteiger partial charge is 0.490 e. The predicted octanol–water partition coefficient (Wildman–Crippen LogP) is 5.97. The van der Waals surface area contributed by atoms with Gasteiger partial charge >= 0.3 is 0 Å². The van der Waals surface area contributed by atoms with Gasteiger partial charge in [0.1, 0.15) is 11.3 Å². The summed E-state index contributed by atoms with van der Waals surface area (Å²) >= 11 is 5.36. The number of rotatable bonds is 6. The molecule has 0 spiro atoms. The highest BCUT2D eigenvalue weighted by Crippen LogP contribution is 2.33. The first kappa shape index (κ1) is 23.6. The SMILES string of the molecule is CC[C@H](C)Oc1ccc2ccccc2c1/C=C1\C(=O)NC(=S)N(c2ccc(C(C)C)cc2)C1=O. The Morgan fingerprint density at radius 3 is 2.38 bits per heavy atom. The zero-order chi connectivity index (χ0) is 24.4. The molecule has 0 saturated carbocycles. The lowest BCUT2D eigenvalue weighted by molar-refractivity contribution is -0.122. The van der Waals surface area contributed by atoms with Crippen molar-refractivity contribution in [3.63, 3.8) is 0 Å². The number of fused-ring (bicyclic) bond motifs is 1. The molecule has 4 rings (SSSR count). The molecule has 0 aliphatic carbocycles. The summed E-state index contributed by atoms with van der Waals surface area (Å²) < 4.78 is 6.16. The van der Waals surface area contributed by atoms with Gasteiger partial charge in [0.15, 0.2) is 5.11 Å². The van der Waals surface area contributed by atoms with Gasteiger partial charge in [0, 0.05) is 5.56 Å². The van der Waals surface area contributed by atoms with Crippen LogP contribution in [0, 0.1) is 0 Å². The van der Waals surface area contributed by atoms with Crippen molar-refractivity contribution in [2.24, 2.45) is 0 Å². The second-order valence-electron chi connectivity index (χ2n) is 8.74. The summed E-state index contributed by atoms with van der Waals surface area (Å²) in [6.07, 6.45) is 2.43. The molecule has 0 aromatic heterocycles. The molecule has 3 aromatic rings. The van der Waals surface area contributed by atoms with Gasteiger partial charge in [0.2, 0.25) is 0 Å². The van der Waals surface area contributed by atoms with Crippen LogP contribution in [0.25, 0.3) is 16.8 Å². The van der Waals surface area contributed by atoms with E-state index < -0.39 is 11.8 Å². The number of nitrogens with one attached hydrogen (secondary N) is 1. The average molecular weight is 473 g/mol. The van der Waals surface area contributed by atoms with Gasteiger partial charge in [-0.3, -0.25) is 19.8 Å². The highest BCUT2D eigenvalue weighted by Gasteiger charge is 2.35. The van der Waals surface area contributed by atoms with Gasteiger partial charge in [-0.2, -0.15) is 0 Å². The molecule has 1 N–H and O–H groups in total. The van der Waals surface area contributed by atoms with E-state index in [2.05, 4.69) is 19.2 Å². The van der Waals surface area contributed by atoms with Gasteiger partial charge in [-0.1, -0.05) is 63.2 Å². The molecule has 174 valence electrons. The molecule has 2 amide bonds. The summed E-state index contributed by atoms with van der Waals surface area (Å²) in [6, 6.07) is 19.3. The monoisotopic (exact) mass is 472 g/mol. The van der Waals surface area contributed by atoms with Crippen molar-refractivity contribution < 1.29 is 14.3 Å². The van der Waals surface area contributed by atoms with Crippen LogP contribution in [0.3, 0.4) is 0 Å². The Balaban J connectivity index is 1.81. The summed E-state index contributed by atoms with van der Waals surface area (Å²) in [4.78, 5) is 27.8. The van der Waals surface area contributed by atoms with Crippen molar-refractivity contribution in [3.8, 4) is 5.75 Å². The number of thiocarbonyl (C=S) groups is 1. The van der Waals surface area contributed by atoms with Crippen molar-refractivity contribution >= 4 is 51.7 Å². The van der Waals surface area contributed by atoms with Crippen molar-refractivity contribution in [1.82, 2.24) is 5.32 Å². The van der Waals surface area contributed by atoms with E-state index in [0.29, 0.717) is 22.9 Å². The second-order valence-corrected chi connectivity index (χ2v) is 9.13. The lowest BCUT2D eigenvalue weighted by Gasteiger charge is -2.29. The van der Waals surface area contributed by atoms with E-state index in [1.54, 1.807) is 6.08 Å². The lowest BCUT2D eigenvalue weighted by Crippen LogP contribution is -2.54. The predicted molar refractivity (Wildman–Crippen MR) is 141 cm³/mol. The van der Waals surface area contributed by atoms with Crippen LogP contribution in [0.15, 0.2) is 66.2 Å². The van der Waals surface area contributed by atoms with Crippen LogP contribution in [0.5, 0.6) is 5.75 Å². The molecule has 1 atom stereocenters. The van der Waals surface area contributed by atoms with E-state index in [0.717, 1.165) is 22.8 Å². The van der Waals surface area contributed by atoms with Crippen molar-refractivity contribution in [2.75, 3.05) is 4.90 Å². The smallest absolute Gasteiger partial charge is 0.270 e. The van der Waals surface area contributed by atoms with Crippen LogP contribution in [0.2, 0.25) is 0 Å². The topological polar surface area (TPSA) is 58.6 Å². The molecule has 1 aliphatic rings. The number of hydrogen-bond donors (Lipinski definition) is 1. The van der Waals surface area contributed by atoms with E-state index in [-0.39, 0.29) is 16.8 Å². The van der Waals surface area contributed by atoms with Crippen LogP contribution in [0.1, 0.15) is 51.2 Å². The number of amides is 2. The fraction of sp³-hybridized carbons (Fsp3) is 0.250. The van der Waals surface area contributed by atoms with Crippen molar-refractivity contribution in [1.29, 1.82) is 0 Å². The van der Waals surface area contributed by atoms with E-state index in [1.165, 1.54) is 4.90 Å². The average Bonchev–Trinajstić information content (AvgIpc) is 2.82. The molecular weight excluding hydrogens is 444 g/mol. The quantitative estimate of drug-likeness (QED) is 0.273. The molecule has 1 fully saturated rings. The summed E-state index contributed by atoms with van der Waals surface area (Å²) in [6.45, 7) is 8.25. The Morgan fingerprint density at radius 2 is 1.71 bits per heavy atom. The Bertz CT molecular complexity index is 1290. The Hall–Kier alpha value is -3.51. The maximum atomic E-state index is 13.6. The van der Waals surface area contributed by atoms with E-state index in [1.807, 2.05) is 74.5 Å². The standard InChI is InChI=1S/C28H28N2O3S/c1-5-18(4)33-25-15-12-20-8-6-7-9-22(20)23(25)16-24-26(31)29-28(34)30(27(24)32)21-13-10-19(11-14-21)17(2)3/h6-18H,5H2,1-4H3,(H,29,31,34)/b24-16+/t18-/m0/s1. The first-order valence-corrected chi connectivity index (χ1v) is 11.9. The normalized spacial score (nSPS) is 16.3. The van der Waals surface area contributed by atoms with Gasteiger partial charge < -0.3 is 4.74 Å². The van der Waals surface area contributed by atoms with E-state index in [9.17, 15) is 9.59 Å². The van der Waals surface area contributed by atoms with E-state index >= 15 is 0 Å². The molecule has 5 nitrogen and oxygen atoms in total. The number of ether oxygens (including phenoxy) is 1. The molecule has 1 saturated heterocycles. The number of nitrogens with zero attached hydrogens (tertiary/aromatic N) is 1. The van der Waals surface area contributed by atoms with Crippen molar-refractivity contribution in [3.05, 3.63) is 77.4 Å². The van der Waals surface area contributed by atoms with Crippen LogP contribution in [-0.2, 0) is 9.59 Å². The third-order valence-electron chi connectivity index (χ3n) is 6.04. The maximum Gasteiger partial charge on any atom is 0.270 e. The van der Waals surface area contributed by atoms with E-state index in [4.69, 9.17) is 17.0 Å². The molecule has 0 radical (unpaired) electrons. The zero-order valence-corrected chi connectivity index (χ0v) is 20.6. The summed E-state index contributed by atoms with van der Waals surface area (Å²) in [5.41, 5.74) is 2.47. The van der Waals surface area contributed by atoms with Gasteiger partial charge in [0.25, 0.3) is 11.8 Å². The number of carbonyl (C=O) groups is 2. The fourth-order valence-corrected chi connectivity index (χ4v) is 4.15. The summed E-state index contributed by atoms with van der Waals surface area (Å²) in [7, 11) is 0. The van der Waals surface area contributed by atoms with Gasteiger partial charge in [-0.15, -0.1) is 0 Å². The molecule has 34 heavy (non-hydrogen) atoms. The van der Waals surface area contributed by atoms with Crippen LogP contribution in [-0.4, -0.2) is 23.0 Å². The minimum Gasteiger partial charge on any atom is -0.490 e. The lowest BCUT2D eigenvalue weighted by atomic mass is 9.99. The van der Waals surface area contributed by atoms with Gasteiger partial charge in [-0.25, -0.2) is 0 Å². The third kappa shape index (κ3) is 4.59. The molecule has 0 unspecified atom stereocenters. The first-order valence-electron chi connectivity index (χ1n) is 11.5. The highest BCUT2D eigenvalue weighted by atomic mass is 32.1. The van der Waals surface area contributed by atoms with Crippen LogP contribution < -0.4 is 15.0 Å².